The van der Waals surface area contributed by atoms with Crippen molar-refractivity contribution in [2.24, 2.45) is 0 Å². The first-order chi connectivity index (χ1) is 6.75. The number of hydrogen-bond donors (Lipinski definition) is 1. The van der Waals surface area contributed by atoms with Crippen LogP contribution in [0.4, 0.5) is 0 Å². The number of aromatic carboxylic acids is 1. The van der Waals surface area contributed by atoms with Crippen LogP contribution >= 0.6 is 11.3 Å². The molecule has 0 saturated carbocycles. The van der Waals surface area contributed by atoms with Crippen LogP contribution in [-0.4, -0.2) is 16.1 Å². The van der Waals surface area contributed by atoms with Gasteiger partial charge in [0.2, 0.25) is 0 Å². The summed E-state index contributed by atoms with van der Waals surface area (Å²) in [7, 11) is 0. The molecule has 0 aromatic carbocycles. The van der Waals surface area contributed by atoms with Gasteiger partial charge in [-0.3, -0.25) is 0 Å². The summed E-state index contributed by atoms with van der Waals surface area (Å²) in [6, 6.07) is 3.63. The van der Waals surface area contributed by atoms with Gasteiger partial charge in [0.25, 0.3) is 0 Å². The Balaban J connectivity index is 2.14. The van der Waals surface area contributed by atoms with Gasteiger partial charge in [-0.25, -0.2) is 9.78 Å². The molecule has 5 heteroatoms. The minimum Gasteiger partial charge on any atom is -0.477 e. The fourth-order valence-electron chi connectivity index (χ4n) is 1.05. The van der Waals surface area contributed by atoms with Crippen molar-refractivity contribution in [1.29, 1.82) is 0 Å². The number of rotatable bonds is 3. The van der Waals surface area contributed by atoms with Crippen LogP contribution in [0, 0.1) is 0 Å². The zero-order valence-corrected chi connectivity index (χ0v) is 7.95. The molecule has 2 aromatic rings. The van der Waals surface area contributed by atoms with Gasteiger partial charge in [0.05, 0.1) is 18.9 Å². The molecule has 4 nitrogen and oxygen atoms in total. The molecule has 72 valence electrons. The first kappa shape index (κ1) is 8.96. The van der Waals surface area contributed by atoms with Crippen LogP contribution in [0.2, 0.25) is 0 Å². The van der Waals surface area contributed by atoms with Crippen molar-refractivity contribution in [2.45, 2.75) is 6.42 Å². The Bertz CT molecular complexity index is 433. The molecule has 0 spiro atoms. The fourth-order valence-corrected chi connectivity index (χ4v) is 1.82. The van der Waals surface area contributed by atoms with Crippen LogP contribution in [0.15, 0.2) is 29.0 Å². The van der Waals surface area contributed by atoms with E-state index in [2.05, 4.69) is 4.98 Å². The van der Waals surface area contributed by atoms with Crippen molar-refractivity contribution in [3.8, 4) is 0 Å². The molecule has 0 fully saturated rings. The van der Waals surface area contributed by atoms with Crippen molar-refractivity contribution < 1.29 is 14.3 Å². The Hall–Kier alpha value is -1.62. The minimum absolute atomic E-state index is 0.256. The first-order valence-electron chi connectivity index (χ1n) is 3.96. The van der Waals surface area contributed by atoms with Gasteiger partial charge in [0, 0.05) is 0 Å². The van der Waals surface area contributed by atoms with E-state index in [0.29, 0.717) is 6.42 Å². The van der Waals surface area contributed by atoms with Gasteiger partial charge >= 0.3 is 5.97 Å². The standard InChI is InChI=1S/C9H7NO3S/c11-9(12)7-5-10-8(14-7)4-6-2-1-3-13-6/h1-3,5H,4H2,(H,11,12). The molecule has 2 aromatic heterocycles. The number of thiazole rings is 1. The van der Waals surface area contributed by atoms with Gasteiger partial charge in [0.15, 0.2) is 0 Å². The minimum atomic E-state index is -0.937. The Morgan fingerprint density at radius 3 is 3.07 bits per heavy atom. The quantitative estimate of drug-likeness (QED) is 0.840. The maximum absolute atomic E-state index is 10.6. The molecule has 0 bridgehead atoms. The molecule has 0 radical (unpaired) electrons. The number of furan rings is 1. The Kier molecular flexibility index (Phi) is 2.32. The third-order valence-corrected chi connectivity index (χ3v) is 2.66. The lowest BCUT2D eigenvalue weighted by atomic mass is 10.3. The highest BCUT2D eigenvalue weighted by Gasteiger charge is 2.09. The van der Waals surface area contributed by atoms with Crippen molar-refractivity contribution in [3.05, 3.63) is 40.2 Å². The summed E-state index contributed by atoms with van der Waals surface area (Å²) in [5.41, 5.74) is 0. The maximum atomic E-state index is 10.6. The van der Waals surface area contributed by atoms with Crippen LogP contribution in [0.3, 0.4) is 0 Å². The van der Waals surface area contributed by atoms with E-state index in [1.54, 1.807) is 12.3 Å². The number of hydrogen-bond acceptors (Lipinski definition) is 4. The second-order valence-electron chi connectivity index (χ2n) is 2.68. The zero-order valence-electron chi connectivity index (χ0n) is 7.14. The van der Waals surface area contributed by atoms with Gasteiger partial charge in [-0.2, -0.15) is 0 Å². The van der Waals surface area contributed by atoms with Crippen molar-refractivity contribution in [2.75, 3.05) is 0 Å². The fraction of sp³-hybridized carbons (Fsp3) is 0.111. The Morgan fingerprint density at radius 2 is 2.50 bits per heavy atom. The number of carboxylic acid groups (broad SMARTS) is 1. The smallest absolute Gasteiger partial charge is 0.347 e. The molecule has 1 N–H and O–H groups in total. The highest BCUT2D eigenvalue weighted by molar-refractivity contribution is 7.13. The number of carbonyl (C=O) groups is 1. The lowest BCUT2D eigenvalue weighted by Gasteiger charge is -1.89. The zero-order chi connectivity index (χ0) is 9.97. The number of carboxylic acids is 1. The van der Waals surface area contributed by atoms with E-state index in [1.807, 2.05) is 6.07 Å². The molecule has 0 unspecified atom stereocenters. The van der Waals surface area contributed by atoms with E-state index in [0.717, 1.165) is 10.8 Å². The lowest BCUT2D eigenvalue weighted by Crippen LogP contribution is -1.89. The average Bonchev–Trinajstić information content (AvgIpc) is 2.75. The van der Waals surface area contributed by atoms with Gasteiger partial charge in [-0.05, 0) is 12.1 Å². The molecular weight excluding hydrogens is 202 g/mol. The largest absolute Gasteiger partial charge is 0.477 e. The van der Waals surface area contributed by atoms with Gasteiger partial charge in [0.1, 0.15) is 15.6 Å². The average molecular weight is 209 g/mol. The summed E-state index contributed by atoms with van der Waals surface area (Å²) in [6.07, 6.45) is 3.50. The third-order valence-electron chi connectivity index (χ3n) is 1.67. The molecular formula is C9H7NO3S. The lowest BCUT2D eigenvalue weighted by molar-refractivity contribution is 0.0702. The summed E-state index contributed by atoms with van der Waals surface area (Å²) >= 11 is 1.17. The normalized spacial score (nSPS) is 10.3. The van der Waals surface area contributed by atoms with Gasteiger partial charge < -0.3 is 9.52 Å². The monoisotopic (exact) mass is 209 g/mol. The highest BCUT2D eigenvalue weighted by atomic mass is 32.1. The summed E-state index contributed by atoms with van der Waals surface area (Å²) in [5, 5.41) is 9.42. The third kappa shape index (κ3) is 1.82. The molecule has 0 saturated heterocycles. The van der Waals surface area contributed by atoms with Crippen molar-refractivity contribution in [1.82, 2.24) is 4.98 Å². The molecule has 0 atom stereocenters. The Labute approximate surface area is 83.8 Å². The molecule has 0 aliphatic rings. The maximum Gasteiger partial charge on any atom is 0.347 e. The van der Waals surface area contributed by atoms with E-state index in [-0.39, 0.29) is 4.88 Å². The van der Waals surface area contributed by atoms with Gasteiger partial charge in [-0.1, -0.05) is 0 Å². The van der Waals surface area contributed by atoms with Gasteiger partial charge in [-0.15, -0.1) is 11.3 Å². The second kappa shape index (κ2) is 3.63. The van der Waals surface area contributed by atoms with E-state index < -0.39 is 5.97 Å². The molecule has 2 heterocycles. The van der Waals surface area contributed by atoms with Crippen LogP contribution in [-0.2, 0) is 6.42 Å². The van der Waals surface area contributed by atoms with Crippen molar-refractivity contribution in [3.63, 3.8) is 0 Å². The van der Waals surface area contributed by atoms with Crippen molar-refractivity contribution >= 4 is 17.3 Å². The molecule has 2 rings (SSSR count). The molecule has 0 amide bonds. The van der Waals surface area contributed by atoms with Crippen LogP contribution < -0.4 is 0 Å². The van der Waals surface area contributed by atoms with E-state index in [1.165, 1.54) is 17.5 Å². The van der Waals surface area contributed by atoms with Crippen LogP contribution in [0.1, 0.15) is 20.4 Å². The Morgan fingerprint density at radius 1 is 1.64 bits per heavy atom. The van der Waals surface area contributed by atoms with E-state index >= 15 is 0 Å². The predicted molar refractivity (Wildman–Crippen MR) is 50.6 cm³/mol. The molecule has 0 aliphatic heterocycles. The summed E-state index contributed by atoms with van der Waals surface area (Å²) in [5.74, 6) is -0.149. The van der Waals surface area contributed by atoms with E-state index in [4.69, 9.17) is 9.52 Å². The number of nitrogens with zero attached hydrogens (tertiary/aromatic N) is 1. The topological polar surface area (TPSA) is 63.3 Å². The van der Waals surface area contributed by atoms with E-state index in [9.17, 15) is 4.79 Å². The highest BCUT2D eigenvalue weighted by Crippen LogP contribution is 2.16. The molecule has 14 heavy (non-hydrogen) atoms. The van der Waals surface area contributed by atoms with Crippen LogP contribution in [0.25, 0.3) is 0 Å². The van der Waals surface area contributed by atoms with Crippen LogP contribution in [0.5, 0.6) is 0 Å². The SMILES string of the molecule is O=C(O)c1cnc(Cc2ccco2)s1. The summed E-state index contributed by atoms with van der Waals surface area (Å²) in [6.45, 7) is 0. The summed E-state index contributed by atoms with van der Waals surface area (Å²) in [4.78, 5) is 14.8. The predicted octanol–water partition coefficient (Wildman–Crippen LogP) is 2.03. The summed E-state index contributed by atoms with van der Waals surface area (Å²) < 4.78 is 5.13. The molecule has 0 aliphatic carbocycles. The first-order valence-corrected chi connectivity index (χ1v) is 4.78. The second-order valence-corrected chi connectivity index (χ2v) is 3.79. The number of aromatic nitrogens is 1.